The first kappa shape index (κ1) is 52.1. The molecule has 61 heavy (non-hydrogen) atoms. The van der Waals surface area contributed by atoms with E-state index < -0.39 is 90.5 Å². The molecular weight excluding hydrogens is 899 g/mol. The molecule has 1 aliphatic heterocycles. The number of aliphatic hydroxyl groups excluding tert-OH is 2. The third-order valence-electron chi connectivity index (χ3n) is 8.48. The molecule has 2 amide bonds. The molecule has 2 unspecified atom stereocenters. The number of phosphoric ester groups is 3. The van der Waals surface area contributed by atoms with Gasteiger partial charge in [0.1, 0.15) is 36.3 Å². The topological polar surface area (TPSA) is 415 Å². The van der Waals surface area contributed by atoms with E-state index in [0.29, 0.717) is 12.8 Å². The number of amides is 2. The molecule has 0 spiro atoms. The van der Waals surface area contributed by atoms with E-state index in [1.165, 1.54) is 19.9 Å². The lowest BCUT2D eigenvalue weighted by Gasteiger charge is -2.36. The number of carbonyl (C=O) groups is 4. The van der Waals surface area contributed by atoms with Gasteiger partial charge in [0.25, 0.3) is 15.6 Å². The van der Waals surface area contributed by atoms with Gasteiger partial charge < -0.3 is 78.9 Å². The van der Waals surface area contributed by atoms with Gasteiger partial charge >= 0.3 is 0 Å². The Labute approximate surface area is 352 Å². The first-order valence-corrected chi connectivity index (χ1v) is 23.6. The maximum absolute atomic E-state index is 12.6. The van der Waals surface area contributed by atoms with Crippen molar-refractivity contribution >= 4 is 75.1 Å². The average molecular weight is 945 g/mol. The average Bonchev–Trinajstić information content (AvgIpc) is 3.72. The molecule has 0 radical (unpaired) electrons. The molecule has 344 valence electrons. The number of rotatable bonds is 27. The number of aliphatic hydroxyl groups is 2. The van der Waals surface area contributed by atoms with Crippen LogP contribution >= 0.6 is 35.2 Å². The monoisotopic (exact) mass is 944 g/mol. The SMILES string of the molecule is CC(C)(COP(=O)([O-])OP(=O)([O-])OC[C@H]1O[C@@H](n2cnc3c(N)ncnc32)[C@H](O)[C@@H]1OP(=O)([O-])[O-])[C@@H](O)C(=O)NCCC(=O)NCCSC(=O)/C=C/CCCCCCC(=O)[O-]. The second kappa shape index (κ2) is 23.5. The molecule has 26 nitrogen and oxygen atoms in total. The van der Waals surface area contributed by atoms with Crippen molar-refractivity contribution in [2.45, 2.75) is 89.4 Å². The number of anilines is 1. The zero-order chi connectivity index (χ0) is 45.6. The number of hydrogen-bond donors (Lipinski definition) is 5. The first-order chi connectivity index (χ1) is 28.4. The Balaban J connectivity index is 1.40. The van der Waals surface area contributed by atoms with Gasteiger partial charge in [-0.25, -0.2) is 19.3 Å². The quantitative estimate of drug-likeness (QED) is 0.0334. The number of thioether (sulfide) groups is 1. The van der Waals surface area contributed by atoms with Gasteiger partial charge in [-0.3, -0.25) is 28.1 Å². The number of nitrogens with one attached hydrogen (secondary N) is 2. The lowest BCUT2D eigenvalue weighted by atomic mass is 9.87. The van der Waals surface area contributed by atoms with Crippen molar-refractivity contribution in [3.8, 4) is 0 Å². The number of carboxylic acid groups (broad SMARTS) is 1. The normalized spacial score (nSPS) is 20.9. The molecule has 3 rings (SSSR count). The molecule has 30 heteroatoms. The summed E-state index contributed by atoms with van der Waals surface area (Å²) in [4.78, 5) is 107. The van der Waals surface area contributed by atoms with Gasteiger partial charge in [0.2, 0.25) is 16.9 Å². The van der Waals surface area contributed by atoms with Gasteiger partial charge in [0.15, 0.2) is 17.7 Å². The number of fused-ring (bicyclic) bond motifs is 1. The van der Waals surface area contributed by atoms with Crippen LogP contribution in [0.3, 0.4) is 0 Å². The van der Waals surface area contributed by atoms with Crippen LogP contribution in [0, 0.1) is 5.41 Å². The van der Waals surface area contributed by atoms with Crippen molar-refractivity contribution in [1.82, 2.24) is 30.2 Å². The van der Waals surface area contributed by atoms with Crippen molar-refractivity contribution in [2.24, 2.45) is 5.41 Å². The highest BCUT2D eigenvalue weighted by atomic mass is 32.2. The summed E-state index contributed by atoms with van der Waals surface area (Å²) in [6.45, 7) is -0.0483. The van der Waals surface area contributed by atoms with E-state index >= 15 is 0 Å². The summed E-state index contributed by atoms with van der Waals surface area (Å²) in [5, 5.41) is 36.4. The molecule has 1 saturated heterocycles. The van der Waals surface area contributed by atoms with Gasteiger partial charge in [-0.2, -0.15) is 0 Å². The zero-order valence-corrected chi connectivity index (χ0v) is 36.1. The highest BCUT2D eigenvalue weighted by molar-refractivity contribution is 8.14. The molecule has 0 bridgehead atoms. The summed E-state index contributed by atoms with van der Waals surface area (Å²) < 4.78 is 60.5. The van der Waals surface area contributed by atoms with Crippen LogP contribution in [0.2, 0.25) is 0 Å². The largest absolute Gasteiger partial charge is 0.790 e. The molecule has 2 aromatic heterocycles. The van der Waals surface area contributed by atoms with Crippen LogP contribution in [0.1, 0.15) is 65.0 Å². The number of imidazole rings is 1. The van der Waals surface area contributed by atoms with Gasteiger partial charge in [-0.05, 0) is 31.8 Å². The van der Waals surface area contributed by atoms with Crippen LogP contribution in [-0.2, 0) is 55.5 Å². The smallest absolute Gasteiger partial charge is 0.274 e. The summed E-state index contributed by atoms with van der Waals surface area (Å²) in [7, 11) is -17.6. The predicted octanol–water partition coefficient (Wildman–Crippen LogP) is -3.22. The van der Waals surface area contributed by atoms with Crippen LogP contribution in [0.5, 0.6) is 0 Å². The van der Waals surface area contributed by atoms with Crippen LogP contribution in [0.25, 0.3) is 11.2 Å². The molecule has 0 aromatic carbocycles. The fraction of sp³-hybridized carbons (Fsp3) is 0.645. The standard InChI is InChI=1S/C31H50N7O19P3S/c1-31(2,26(44)29(45)34-12-11-20(39)33-13-14-61-22(42)10-8-6-4-3-5-7-9-21(40)41)16-54-60(51,52)57-59(49,50)53-15-19-25(56-58(46,47)48)24(43)30(55-19)38-18-37-23-27(32)35-17-36-28(23)38/h8,10,17-19,24-26,30,43-44H,3-7,9,11-16H2,1-2H3,(H,33,39)(H,34,45)(H,40,41)(H,49,50)(H,51,52)(H2,32,35,36)(H2,46,47,48)/p-5/b10-8+/t19-,24-,25-,26+,30-/m1/s1. The van der Waals surface area contributed by atoms with Crippen molar-refractivity contribution in [3.63, 3.8) is 0 Å². The number of phosphoric acid groups is 3. The van der Waals surface area contributed by atoms with E-state index in [4.69, 9.17) is 10.5 Å². The van der Waals surface area contributed by atoms with Gasteiger partial charge in [0.05, 0.1) is 27.4 Å². The van der Waals surface area contributed by atoms with E-state index in [2.05, 4.69) is 43.5 Å². The number of unbranched alkanes of at least 4 members (excludes halogenated alkanes) is 4. The molecule has 0 aliphatic carbocycles. The Morgan fingerprint density at radius 2 is 1.70 bits per heavy atom. The summed E-state index contributed by atoms with van der Waals surface area (Å²) in [5.41, 5.74) is 4.03. The Morgan fingerprint density at radius 3 is 2.39 bits per heavy atom. The van der Waals surface area contributed by atoms with Crippen molar-refractivity contribution in [3.05, 3.63) is 24.8 Å². The number of nitrogens with zero attached hydrogens (tertiary/aromatic N) is 4. The Kier molecular flexibility index (Phi) is 20.0. The third kappa shape index (κ3) is 17.8. The number of aliphatic carboxylic acids is 1. The Bertz CT molecular complexity index is 2000. The lowest BCUT2D eigenvalue weighted by Crippen LogP contribution is -2.46. The van der Waals surface area contributed by atoms with Crippen molar-refractivity contribution in [1.29, 1.82) is 0 Å². The van der Waals surface area contributed by atoms with E-state index in [1.807, 2.05) is 0 Å². The molecule has 7 atom stereocenters. The second-order valence-electron chi connectivity index (χ2n) is 13.9. The van der Waals surface area contributed by atoms with Gasteiger partial charge in [-0.15, -0.1) is 0 Å². The van der Waals surface area contributed by atoms with E-state index in [-0.39, 0.29) is 53.8 Å². The third-order valence-corrected chi connectivity index (χ3v) is 12.3. The molecule has 3 heterocycles. The van der Waals surface area contributed by atoms with Crippen molar-refractivity contribution in [2.75, 3.05) is 37.8 Å². The number of carboxylic acids is 1. The molecule has 0 saturated carbocycles. The Hall–Kier alpha value is -3.23. The van der Waals surface area contributed by atoms with E-state index in [0.717, 1.165) is 48.2 Å². The maximum atomic E-state index is 12.6. The summed E-state index contributed by atoms with van der Waals surface area (Å²) >= 11 is 0.975. The number of nitrogens with two attached hydrogens (primary N) is 1. The van der Waals surface area contributed by atoms with E-state index in [9.17, 15) is 67.8 Å². The molecular formula is C31H45N7O19P3S-5. The highest BCUT2D eigenvalue weighted by Crippen LogP contribution is 2.56. The molecule has 1 aliphatic rings. The minimum atomic E-state index is -5.93. The van der Waals surface area contributed by atoms with Gasteiger partial charge in [-0.1, -0.05) is 44.5 Å². The number of allylic oxidation sites excluding steroid dienone is 1. The molecule has 6 N–H and O–H groups in total. The van der Waals surface area contributed by atoms with Crippen LogP contribution in [-0.4, -0.2) is 109 Å². The summed E-state index contributed by atoms with van der Waals surface area (Å²) in [5.74, 6) is -2.43. The minimum absolute atomic E-state index is 0.0195. The number of nitrogen functional groups attached to an aromatic ring is 1. The fourth-order valence-electron chi connectivity index (χ4n) is 5.37. The molecule has 1 fully saturated rings. The number of ether oxygens (including phenoxy) is 1. The Morgan fingerprint density at radius 1 is 1.02 bits per heavy atom. The van der Waals surface area contributed by atoms with E-state index in [1.54, 1.807) is 6.08 Å². The van der Waals surface area contributed by atoms with Crippen molar-refractivity contribution < 1.29 is 90.4 Å². The van der Waals surface area contributed by atoms with Crippen LogP contribution in [0.15, 0.2) is 24.8 Å². The fourth-order valence-corrected chi connectivity index (χ4v) is 8.71. The maximum Gasteiger partial charge on any atom is 0.274 e. The lowest BCUT2D eigenvalue weighted by molar-refractivity contribution is -0.347. The van der Waals surface area contributed by atoms with Crippen LogP contribution < -0.4 is 41.0 Å². The second-order valence-corrected chi connectivity index (χ2v) is 19.0. The number of hydrogen-bond acceptors (Lipinski definition) is 24. The summed E-state index contributed by atoms with van der Waals surface area (Å²) in [6.07, 6.45) is -0.972. The number of aromatic nitrogens is 4. The summed E-state index contributed by atoms with van der Waals surface area (Å²) in [6, 6.07) is 0. The first-order valence-electron chi connectivity index (χ1n) is 18.3. The predicted molar refractivity (Wildman–Crippen MR) is 200 cm³/mol. The van der Waals surface area contributed by atoms with Gasteiger partial charge in [0, 0.05) is 36.6 Å². The van der Waals surface area contributed by atoms with Crippen LogP contribution in [0.4, 0.5) is 5.82 Å². The highest BCUT2D eigenvalue weighted by Gasteiger charge is 2.47. The zero-order valence-electron chi connectivity index (χ0n) is 32.6. The number of carbonyl (C=O) groups excluding carboxylic acids is 4. The minimum Gasteiger partial charge on any atom is -0.790 e. The molecule has 2 aromatic rings.